The molecular weight excluding hydrogens is 414 g/mol. The van der Waals surface area contributed by atoms with Crippen LogP contribution in [0.25, 0.3) is 0 Å². The van der Waals surface area contributed by atoms with Crippen LogP contribution in [0.4, 0.5) is 0 Å². The predicted octanol–water partition coefficient (Wildman–Crippen LogP) is 3.63. The smallest absolute Gasteiger partial charge is 0.229 e. The second-order valence-corrected chi connectivity index (χ2v) is 11.4. The van der Waals surface area contributed by atoms with Gasteiger partial charge in [-0.2, -0.15) is 4.98 Å². The lowest BCUT2D eigenvalue weighted by atomic mass is 9.75. The number of sulfonamides is 1. The quantitative estimate of drug-likeness (QED) is 0.647. The first-order valence-electron chi connectivity index (χ1n) is 11.5. The van der Waals surface area contributed by atoms with Gasteiger partial charge in [-0.1, -0.05) is 48.3 Å². The summed E-state index contributed by atoms with van der Waals surface area (Å²) >= 11 is 0. The molecule has 2 aliphatic heterocycles. The minimum atomic E-state index is -3.41. The van der Waals surface area contributed by atoms with Gasteiger partial charge < -0.3 is 9.26 Å². The molecule has 2 saturated heterocycles. The van der Waals surface area contributed by atoms with E-state index in [4.69, 9.17) is 14.2 Å². The summed E-state index contributed by atoms with van der Waals surface area (Å²) in [6, 6.07) is 9.42. The van der Waals surface area contributed by atoms with E-state index >= 15 is 0 Å². The fourth-order valence-corrected chi connectivity index (χ4v) is 6.73. The van der Waals surface area contributed by atoms with Crippen LogP contribution in [0, 0.1) is 5.92 Å². The fraction of sp³-hybridized carbons (Fsp3) is 0.652. The molecule has 5 rings (SSSR count). The maximum atomic E-state index is 13.3. The third-order valence-corrected chi connectivity index (χ3v) is 8.79. The first-order chi connectivity index (χ1) is 15.0. The van der Waals surface area contributed by atoms with Gasteiger partial charge in [-0.05, 0) is 43.6 Å². The van der Waals surface area contributed by atoms with Gasteiger partial charge in [-0.25, -0.2) is 12.7 Å². The first-order valence-corrected chi connectivity index (χ1v) is 13.1. The molecule has 1 saturated carbocycles. The van der Waals surface area contributed by atoms with Gasteiger partial charge in [0.2, 0.25) is 15.9 Å². The highest BCUT2D eigenvalue weighted by Gasteiger charge is 2.47. The van der Waals surface area contributed by atoms with Crippen LogP contribution in [-0.2, 0) is 25.9 Å². The van der Waals surface area contributed by atoms with E-state index in [1.54, 1.807) is 4.31 Å². The molecule has 1 aliphatic carbocycles. The Kier molecular flexibility index (Phi) is 5.88. The van der Waals surface area contributed by atoms with Gasteiger partial charge >= 0.3 is 0 Å². The molecule has 31 heavy (non-hydrogen) atoms. The summed E-state index contributed by atoms with van der Waals surface area (Å²) in [6.45, 7) is 2.46. The van der Waals surface area contributed by atoms with Gasteiger partial charge in [-0.3, -0.25) is 0 Å². The Bertz CT molecular complexity index is 983. The maximum Gasteiger partial charge on any atom is 0.229 e. The predicted molar refractivity (Wildman–Crippen MR) is 116 cm³/mol. The van der Waals surface area contributed by atoms with Crippen LogP contribution in [0.3, 0.4) is 0 Å². The molecule has 2 aromatic rings. The highest BCUT2D eigenvalue weighted by atomic mass is 32.2. The Hall–Kier alpha value is -1.77. The minimum Gasteiger partial charge on any atom is -0.381 e. The van der Waals surface area contributed by atoms with E-state index < -0.39 is 10.0 Å². The van der Waals surface area contributed by atoms with E-state index in [9.17, 15) is 8.42 Å². The number of benzene rings is 1. The second-order valence-electron chi connectivity index (χ2n) is 9.45. The molecule has 1 aromatic carbocycles. The summed E-state index contributed by atoms with van der Waals surface area (Å²) in [5.74, 6) is 2.32. The topological polar surface area (TPSA) is 85.5 Å². The number of aromatic nitrogens is 2. The zero-order valence-electron chi connectivity index (χ0n) is 17.9. The van der Waals surface area contributed by atoms with E-state index in [2.05, 4.69) is 5.16 Å². The van der Waals surface area contributed by atoms with Crippen LogP contribution >= 0.6 is 0 Å². The lowest BCUT2D eigenvalue weighted by Gasteiger charge is -2.40. The van der Waals surface area contributed by atoms with Crippen LogP contribution in [0.5, 0.6) is 0 Å². The molecule has 0 bridgehead atoms. The molecule has 3 aliphatic rings. The van der Waals surface area contributed by atoms with Crippen LogP contribution in [0.15, 0.2) is 34.9 Å². The zero-order valence-corrected chi connectivity index (χ0v) is 18.7. The highest BCUT2D eigenvalue weighted by Crippen LogP contribution is 2.46. The van der Waals surface area contributed by atoms with Gasteiger partial charge in [0.15, 0.2) is 5.82 Å². The van der Waals surface area contributed by atoms with Crippen molar-refractivity contribution in [2.75, 3.05) is 26.3 Å². The number of rotatable bonds is 7. The average molecular weight is 446 g/mol. The van der Waals surface area contributed by atoms with Crippen molar-refractivity contribution in [1.29, 1.82) is 0 Å². The molecular formula is C23H31N3O4S. The van der Waals surface area contributed by atoms with Crippen LogP contribution in [-0.4, -0.2) is 49.2 Å². The molecule has 3 fully saturated rings. The molecule has 0 spiro atoms. The van der Waals surface area contributed by atoms with Gasteiger partial charge in [-0.15, -0.1) is 0 Å². The minimum absolute atomic E-state index is 0.0346. The summed E-state index contributed by atoms with van der Waals surface area (Å²) in [7, 11) is -3.41. The summed E-state index contributed by atoms with van der Waals surface area (Å²) in [6.07, 6.45) is 6.89. The summed E-state index contributed by atoms with van der Waals surface area (Å²) in [5, 5.41) is 4.42. The van der Waals surface area contributed by atoms with Gasteiger partial charge in [0, 0.05) is 37.6 Å². The van der Waals surface area contributed by atoms with Crippen molar-refractivity contribution < 1.29 is 17.7 Å². The third kappa shape index (κ3) is 4.71. The van der Waals surface area contributed by atoms with Crippen molar-refractivity contribution in [2.45, 2.75) is 62.0 Å². The Morgan fingerprint density at radius 1 is 1.10 bits per heavy atom. The Labute approximate surface area is 184 Å². The molecule has 1 aromatic heterocycles. The van der Waals surface area contributed by atoms with Crippen molar-refractivity contribution in [3.05, 3.63) is 47.6 Å². The zero-order chi connectivity index (χ0) is 21.3. The molecule has 0 amide bonds. The van der Waals surface area contributed by atoms with Crippen molar-refractivity contribution >= 4 is 10.0 Å². The normalized spacial score (nSPS) is 26.2. The van der Waals surface area contributed by atoms with E-state index in [1.165, 1.54) is 12.8 Å². The molecule has 3 heterocycles. The molecule has 8 heteroatoms. The Morgan fingerprint density at radius 3 is 2.61 bits per heavy atom. The highest BCUT2D eigenvalue weighted by molar-refractivity contribution is 7.88. The van der Waals surface area contributed by atoms with Crippen molar-refractivity contribution in [3.8, 4) is 0 Å². The Morgan fingerprint density at radius 2 is 1.87 bits per heavy atom. The molecule has 7 nitrogen and oxygen atoms in total. The van der Waals surface area contributed by atoms with Gasteiger partial charge in [0.1, 0.15) is 0 Å². The molecule has 1 atom stereocenters. The fourth-order valence-electron chi connectivity index (χ4n) is 5.08. The number of piperidine rings is 1. The number of hydrogen-bond donors (Lipinski definition) is 0. The van der Waals surface area contributed by atoms with Crippen molar-refractivity contribution in [1.82, 2.24) is 14.4 Å². The van der Waals surface area contributed by atoms with Crippen LogP contribution < -0.4 is 0 Å². The van der Waals surface area contributed by atoms with Crippen molar-refractivity contribution in [3.63, 3.8) is 0 Å². The van der Waals surface area contributed by atoms with E-state index in [1.807, 2.05) is 30.3 Å². The SMILES string of the molecule is O=S(=O)(Cc1ccccc1)N1CCCC(CC2CC2)(c2noc(C3CCOCC3)n2)C1. The number of ether oxygens (including phenoxy) is 1. The summed E-state index contributed by atoms with van der Waals surface area (Å²) in [4.78, 5) is 4.86. The monoisotopic (exact) mass is 445 g/mol. The lowest BCUT2D eigenvalue weighted by Crippen LogP contribution is -2.49. The van der Waals surface area contributed by atoms with E-state index in [-0.39, 0.29) is 17.1 Å². The average Bonchev–Trinajstić information content (AvgIpc) is 3.45. The molecule has 0 radical (unpaired) electrons. The molecule has 0 N–H and O–H groups in total. The van der Waals surface area contributed by atoms with Gasteiger partial charge in [0.05, 0.1) is 5.75 Å². The summed E-state index contributed by atoms with van der Waals surface area (Å²) < 4.78 is 39.4. The van der Waals surface area contributed by atoms with Crippen molar-refractivity contribution in [2.24, 2.45) is 5.92 Å². The third-order valence-electron chi connectivity index (χ3n) is 6.99. The molecule has 1 unspecified atom stereocenters. The van der Waals surface area contributed by atoms with Gasteiger partial charge in [0.25, 0.3) is 0 Å². The van der Waals surface area contributed by atoms with E-state index in [0.717, 1.165) is 50.9 Å². The standard InChI is InChI=1S/C23H31N3O4S/c27-31(28,16-19-5-2-1-3-6-19)26-12-4-11-23(17-26,15-18-7-8-18)22-24-21(30-25-22)20-9-13-29-14-10-20/h1-3,5-6,18,20H,4,7-17H2. The number of hydrogen-bond acceptors (Lipinski definition) is 6. The van der Waals surface area contributed by atoms with Crippen LogP contribution in [0.2, 0.25) is 0 Å². The van der Waals surface area contributed by atoms with Crippen LogP contribution in [0.1, 0.15) is 68.1 Å². The Balaban J connectivity index is 1.39. The largest absolute Gasteiger partial charge is 0.381 e. The molecule has 168 valence electrons. The van der Waals surface area contributed by atoms with E-state index in [0.29, 0.717) is 30.7 Å². The first kappa shape index (κ1) is 21.1. The summed E-state index contributed by atoms with van der Waals surface area (Å²) in [5.41, 5.74) is 0.470. The number of nitrogens with zero attached hydrogens (tertiary/aromatic N) is 3. The maximum absolute atomic E-state index is 13.3. The lowest BCUT2D eigenvalue weighted by molar-refractivity contribution is 0.0778. The second kappa shape index (κ2) is 8.64.